The third-order valence-corrected chi connectivity index (χ3v) is 3.68. The first kappa shape index (κ1) is 21.6. The Labute approximate surface area is 160 Å². The highest BCUT2D eigenvalue weighted by atomic mass is 35.5. The maximum Gasteiger partial charge on any atom is 0.161 e. The van der Waals surface area contributed by atoms with Gasteiger partial charge in [0.25, 0.3) is 0 Å². The second kappa shape index (κ2) is 12.0. The molecule has 2 aromatic rings. The van der Waals surface area contributed by atoms with E-state index in [-0.39, 0.29) is 12.4 Å². The Hall–Kier alpha value is -1.46. The van der Waals surface area contributed by atoms with Crippen LogP contribution in [0.4, 0.5) is 0 Å². The van der Waals surface area contributed by atoms with E-state index in [1.165, 1.54) is 0 Å². The van der Waals surface area contributed by atoms with Gasteiger partial charge >= 0.3 is 0 Å². The van der Waals surface area contributed by atoms with Gasteiger partial charge in [-0.15, -0.1) is 12.4 Å². The third-order valence-electron chi connectivity index (χ3n) is 3.43. The van der Waals surface area contributed by atoms with Crippen molar-refractivity contribution in [2.75, 3.05) is 26.9 Å². The lowest BCUT2D eigenvalue weighted by atomic mass is 10.2. The molecule has 1 N–H and O–H groups in total. The fourth-order valence-electron chi connectivity index (χ4n) is 2.20. The minimum Gasteiger partial charge on any atom is -0.490 e. The van der Waals surface area contributed by atoms with Crippen LogP contribution in [0.1, 0.15) is 18.1 Å². The lowest BCUT2D eigenvalue weighted by Crippen LogP contribution is -2.18. The predicted molar refractivity (Wildman–Crippen MR) is 104 cm³/mol. The van der Waals surface area contributed by atoms with Crippen LogP contribution >= 0.6 is 24.0 Å². The molecule has 0 aliphatic carbocycles. The standard InChI is InChI=1S/C19H24ClNO3.ClH/c1-3-23-19-12-16(13-21-10-11-22-2)6-9-18(19)24-14-15-4-7-17(20)8-5-15;/h4-9,12,21H,3,10-11,13-14H2,1-2H3;1H. The fraction of sp³-hybridized carbons (Fsp3) is 0.368. The number of hydrogen-bond donors (Lipinski definition) is 1. The molecule has 4 nitrogen and oxygen atoms in total. The quantitative estimate of drug-likeness (QED) is 0.612. The summed E-state index contributed by atoms with van der Waals surface area (Å²) in [5.74, 6) is 1.50. The molecule has 0 bridgehead atoms. The largest absolute Gasteiger partial charge is 0.490 e. The van der Waals surface area contributed by atoms with Gasteiger partial charge in [-0.3, -0.25) is 0 Å². The molecule has 25 heavy (non-hydrogen) atoms. The molecule has 138 valence electrons. The molecule has 0 aromatic heterocycles. The molecule has 2 aromatic carbocycles. The Morgan fingerprint density at radius 2 is 1.68 bits per heavy atom. The molecule has 0 radical (unpaired) electrons. The molecule has 0 aliphatic heterocycles. The van der Waals surface area contributed by atoms with E-state index >= 15 is 0 Å². The van der Waals surface area contributed by atoms with Crippen LogP contribution in [0.2, 0.25) is 5.02 Å². The summed E-state index contributed by atoms with van der Waals surface area (Å²) >= 11 is 5.90. The zero-order valence-electron chi connectivity index (χ0n) is 14.6. The third kappa shape index (κ3) is 7.53. The van der Waals surface area contributed by atoms with Gasteiger partial charge in [-0.25, -0.2) is 0 Å². The molecule has 0 fully saturated rings. The number of nitrogens with one attached hydrogen (secondary N) is 1. The zero-order valence-corrected chi connectivity index (χ0v) is 16.2. The van der Waals surface area contributed by atoms with Gasteiger partial charge in [-0.05, 0) is 42.3 Å². The Morgan fingerprint density at radius 1 is 0.960 bits per heavy atom. The van der Waals surface area contributed by atoms with Gasteiger partial charge in [0.05, 0.1) is 13.2 Å². The van der Waals surface area contributed by atoms with E-state index in [0.717, 1.165) is 40.7 Å². The number of methoxy groups -OCH3 is 1. The molecular formula is C19H25Cl2NO3. The van der Waals surface area contributed by atoms with Crippen LogP contribution in [-0.2, 0) is 17.9 Å². The fourth-order valence-corrected chi connectivity index (χ4v) is 2.32. The first-order valence-electron chi connectivity index (χ1n) is 8.05. The van der Waals surface area contributed by atoms with Crippen molar-refractivity contribution in [1.29, 1.82) is 0 Å². The number of hydrogen-bond acceptors (Lipinski definition) is 4. The highest BCUT2D eigenvalue weighted by molar-refractivity contribution is 6.30. The summed E-state index contributed by atoms with van der Waals surface area (Å²) < 4.78 is 16.6. The Morgan fingerprint density at radius 3 is 2.36 bits per heavy atom. The first-order chi connectivity index (χ1) is 11.7. The summed E-state index contributed by atoms with van der Waals surface area (Å²) in [7, 11) is 1.70. The lowest BCUT2D eigenvalue weighted by molar-refractivity contribution is 0.199. The van der Waals surface area contributed by atoms with E-state index < -0.39 is 0 Å². The Kier molecular flexibility index (Phi) is 10.3. The molecule has 0 unspecified atom stereocenters. The average Bonchev–Trinajstić information content (AvgIpc) is 2.60. The summed E-state index contributed by atoms with van der Waals surface area (Å²) in [6.07, 6.45) is 0. The van der Waals surface area contributed by atoms with Crippen LogP contribution in [0.25, 0.3) is 0 Å². The summed E-state index contributed by atoms with van der Waals surface area (Å²) in [6, 6.07) is 13.6. The van der Waals surface area contributed by atoms with Crippen LogP contribution < -0.4 is 14.8 Å². The second-order valence-electron chi connectivity index (χ2n) is 5.30. The SMILES string of the molecule is CCOc1cc(CNCCOC)ccc1OCc1ccc(Cl)cc1.Cl. The molecule has 0 atom stereocenters. The minimum atomic E-state index is 0. The van der Waals surface area contributed by atoms with E-state index in [9.17, 15) is 0 Å². The van der Waals surface area contributed by atoms with Crippen LogP contribution in [0.3, 0.4) is 0 Å². The molecular weight excluding hydrogens is 361 g/mol. The number of rotatable bonds is 10. The maximum atomic E-state index is 5.91. The molecule has 0 saturated heterocycles. The monoisotopic (exact) mass is 385 g/mol. The highest BCUT2D eigenvalue weighted by Gasteiger charge is 2.07. The van der Waals surface area contributed by atoms with Gasteiger partial charge in [0.15, 0.2) is 11.5 Å². The normalized spacial score (nSPS) is 10.2. The molecule has 2 rings (SSSR count). The highest BCUT2D eigenvalue weighted by Crippen LogP contribution is 2.29. The predicted octanol–water partition coefficient (Wildman–Crippen LogP) is 4.48. The topological polar surface area (TPSA) is 39.7 Å². The Bertz CT molecular complexity index is 621. The summed E-state index contributed by atoms with van der Waals surface area (Å²) in [5, 5.41) is 4.04. The van der Waals surface area contributed by atoms with Crippen molar-refractivity contribution in [2.24, 2.45) is 0 Å². The first-order valence-corrected chi connectivity index (χ1v) is 8.43. The van der Waals surface area contributed by atoms with Crippen molar-refractivity contribution in [3.05, 3.63) is 58.6 Å². The van der Waals surface area contributed by atoms with Crippen molar-refractivity contribution in [3.8, 4) is 11.5 Å². The lowest BCUT2D eigenvalue weighted by Gasteiger charge is -2.14. The number of halogens is 2. The van der Waals surface area contributed by atoms with Crippen molar-refractivity contribution < 1.29 is 14.2 Å². The van der Waals surface area contributed by atoms with Gasteiger partial charge < -0.3 is 19.5 Å². The smallest absolute Gasteiger partial charge is 0.161 e. The molecule has 0 heterocycles. The van der Waals surface area contributed by atoms with E-state index in [4.69, 9.17) is 25.8 Å². The van der Waals surface area contributed by atoms with Gasteiger partial charge in [-0.2, -0.15) is 0 Å². The molecule has 0 aliphatic rings. The molecule has 0 saturated carbocycles. The average molecular weight is 386 g/mol. The molecule has 0 amide bonds. The van der Waals surface area contributed by atoms with Gasteiger partial charge in [0.2, 0.25) is 0 Å². The summed E-state index contributed by atoms with van der Waals surface area (Å²) in [4.78, 5) is 0. The van der Waals surface area contributed by atoms with E-state index in [0.29, 0.717) is 19.8 Å². The summed E-state index contributed by atoms with van der Waals surface area (Å²) in [5.41, 5.74) is 2.21. The van der Waals surface area contributed by atoms with Crippen LogP contribution in [-0.4, -0.2) is 26.9 Å². The van der Waals surface area contributed by atoms with Crippen LogP contribution in [0, 0.1) is 0 Å². The maximum absolute atomic E-state index is 5.91. The van der Waals surface area contributed by atoms with Gasteiger partial charge in [-0.1, -0.05) is 29.8 Å². The number of ether oxygens (including phenoxy) is 3. The summed E-state index contributed by atoms with van der Waals surface area (Å²) in [6.45, 7) is 5.31. The minimum absolute atomic E-state index is 0. The van der Waals surface area contributed by atoms with Crippen molar-refractivity contribution in [3.63, 3.8) is 0 Å². The Balaban J connectivity index is 0.00000312. The molecule has 0 spiro atoms. The van der Waals surface area contributed by atoms with Crippen molar-refractivity contribution >= 4 is 24.0 Å². The number of benzene rings is 2. The van der Waals surface area contributed by atoms with E-state index in [1.807, 2.05) is 49.4 Å². The van der Waals surface area contributed by atoms with Crippen LogP contribution in [0.15, 0.2) is 42.5 Å². The van der Waals surface area contributed by atoms with E-state index in [2.05, 4.69) is 5.32 Å². The van der Waals surface area contributed by atoms with Crippen LogP contribution in [0.5, 0.6) is 11.5 Å². The van der Waals surface area contributed by atoms with Crippen molar-refractivity contribution in [1.82, 2.24) is 5.32 Å². The second-order valence-corrected chi connectivity index (χ2v) is 5.74. The van der Waals surface area contributed by atoms with Gasteiger partial charge in [0, 0.05) is 25.2 Å². The van der Waals surface area contributed by atoms with E-state index in [1.54, 1.807) is 7.11 Å². The zero-order chi connectivity index (χ0) is 17.2. The van der Waals surface area contributed by atoms with Gasteiger partial charge in [0.1, 0.15) is 6.61 Å². The molecule has 6 heteroatoms. The van der Waals surface area contributed by atoms with Crippen molar-refractivity contribution in [2.45, 2.75) is 20.1 Å².